The van der Waals surface area contributed by atoms with Gasteiger partial charge in [0.1, 0.15) is 0 Å². The molecule has 2 heterocycles. The van der Waals surface area contributed by atoms with Gasteiger partial charge in [0.15, 0.2) is 0 Å². The van der Waals surface area contributed by atoms with Gasteiger partial charge in [-0.05, 0) is 0 Å². The SMILES string of the molecule is [CH2]1[Ge][CH2]C2OC12. The molecular formula is C4H6GeO. The van der Waals surface area contributed by atoms with Gasteiger partial charge in [-0.3, -0.25) is 0 Å². The Balaban J connectivity index is 2.09. The Labute approximate surface area is 43.5 Å². The second-order valence-corrected chi connectivity index (χ2v) is 4.63. The third-order valence-corrected chi connectivity index (χ3v) is 4.28. The summed E-state index contributed by atoms with van der Waals surface area (Å²) in [5, 5.41) is 2.93. The van der Waals surface area contributed by atoms with Gasteiger partial charge < -0.3 is 0 Å². The van der Waals surface area contributed by atoms with Crippen LogP contribution in [0.3, 0.4) is 0 Å². The van der Waals surface area contributed by atoms with E-state index in [-0.39, 0.29) is 0 Å². The van der Waals surface area contributed by atoms with E-state index in [0.29, 0.717) is 15.4 Å². The summed E-state index contributed by atoms with van der Waals surface area (Å²) in [4.78, 5) is 0. The van der Waals surface area contributed by atoms with Crippen molar-refractivity contribution in [2.45, 2.75) is 22.7 Å². The molecule has 2 heteroatoms. The molecule has 2 unspecified atom stereocenters. The van der Waals surface area contributed by atoms with Crippen LogP contribution in [0.15, 0.2) is 0 Å². The summed E-state index contributed by atoms with van der Waals surface area (Å²) in [6.07, 6.45) is 1.54. The summed E-state index contributed by atoms with van der Waals surface area (Å²) in [7, 11) is 0. The molecule has 0 aromatic carbocycles. The zero-order chi connectivity index (χ0) is 3.98. The molecule has 2 radical (unpaired) electrons. The fourth-order valence-electron chi connectivity index (χ4n) is 0.906. The van der Waals surface area contributed by atoms with Gasteiger partial charge in [0.2, 0.25) is 0 Å². The number of epoxide rings is 1. The predicted octanol–water partition coefficient (Wildman–Crippen LogP) is 0.308. The van der Waals surface area contributed by atoms with E-state index in [1.807, 2.05) is 0 Å². The van der Waals surface area contributed by atoms with E-state index in [1.165, 1.54) is 10.5 Å². The molecule has 0 aromatic heterocycles. The molecule has 0 spiro atoms. The van der Waals surface area contributed by atoms with Gasteiger partial charge in [-0.1, -0.05) is 0 Å². The van der Waals surface area contributed by atoms with Crippen molar-refractivity contribution < 1.29 is 4.74 Å². The van der Waals surface area contributed by atoms with E-state index in [1.54, 1.807) is 0 Å². The van der Waals surface area contributed by atoms with Crippen LogP contribution in [0.1, 0.15) is 0 Å². The number of fused-ring (bicyclic) bond motifs is 1. The quantitative estimate of drug-likeness (QED) is 0.351. The van der Waals surface area contributed by atoms with Crippen LogP contribution in [0.25, 0.3) is 0 Å². The summed E-state index contributed by atoms with van der Waals surface area (Å²) in [5.74, 6) is 0. The molecule has 2 atom stereocenters. The maximum atomic E-state index is 5.18. The minimum atomic E-state index is 0.520. The molecule has 0 saturated carbocycles. The van der Waals surface area contributed by atoms with E-state index in [9.17, 15) is 0 Å². The van der Waals surface area contributed by atoms with Gasteiger partial charge in [-0.15, -0.1) is 0 Å². The summed E-state index contributed by atoms with van der Waals surface area (Å²) in [5.41, 5.74) is 0. The van der Waals surface area contributed by atoms with Crippen LogP contribution in [-0.4, -0.2) is 27.6 Å². The van der Waals surface area contributed by atoms with Gasteiger partial charge >= 0.3 is 42.9 Å². The first-order valence-electron chi connectivity index (χ1n) is 2.33. The number of rotatable bonds is 0. The zero-order valence-corrected chi connectivity index (χ0v) is 5.58. The normalized spacial score (nSPS) is 52.0. The molecule has 0 N–H and O–H groups in total. The molecule has 6 heavy (non-hydrogen) atoms. The van der Waals surface area contributed by atoms with E-state index in [2.05, 4.69) is 0 Å². The van der Waals surface area contributed by atoms with Crippen molar-refractivity contribution in [3.8, 4) is 0 Å². The Morgan fingerprint density at radius 2 is 2.00 bits per heavy atom. The van der Waals surface area contributed by atoms with E-state index in [0.717, 1.165) is 12.2 Å². The zero-order valence-electron chi connectivity index (χ0n) is 3.48. The second-order valence-electron chi connectivity index (χ2n) is 1.87. The standard InChI is InChI=1S/C4H6GeO/c1-3-4(6-3)2-5-1/h3-4H,1-2H2. The van der Waals surface area contributed by atoms with Crippen molar-refractivity contribution in [1.82, 2.24) is 0 Å². The Hall–Kier alpha value is 0.503. The van der Waals surface area contributed by atoms with Crippen molar-refractivity contribution in [1.29, 1.82) is 0 Å². The Bertz CT molecular complexity index is 65.9. The van der Waals surface area contributed by atoms with E-state index >= 15 is 0 Å². The monoisotopic (exact) mass is 144 g/mol. The topological polar surface area (TPSA) is 12.5 Å². The van der Waals surface area contributed by atoms with Crippen LogP contribution in [0.5, 0.6) is 0 Å². The average molecular weight is 143 g/mol. The predicted molar refractivity (Wildman–Crippen MR) is 24.0 cm³/mol. The number of hydrogen-bond donors (Lipinski definition) is 0. The van der Waals surface area contributed by atoms with Crippen LogP contribution in [0.2, 0.25) is 10.5 Å². The first kappa shape index (κ1) is 3.50. The van der Waals surface area contributed by atoms with Gasteiger partial charge in [0.25, 0.3) is 0 Å². The number of hydrogen-bond acceptors (Lipinski definition) is 1. The average Bonchev–Trinajstić information content (AvgIpc) is 2.17. The van der Waals surface area contributed by atoms with Crippen molar-refractivity contribution >= 4 is 15.4 Å². The molecule has 2 rings (SSSR count). The molecule has 2 fully saturated rings. The van der Waals surface area contributed by atoms with Gasteiger partial charge in [0.05, 0.1) is 0 Å². The van der Waals surface area contributed by atoms with E-state index in [4.69, 9.17) is 4.74 Å². The first-order valence-corrected chi connectivity index (χ1v) is 5.30. The fraction of sp³-hybridized carbons (Fsp3) is 1.00. The summed E-state index contributed by atoms with van der Waals surface area (Å²) < 4.78 is 5.18. The Kier molecular flexibility index (Phi) is 0.590. The molecule has 2 aliphatic rings. The van der Waals surface area contributed by atoms with Crippen molar-refractivity contribution in [2.75, 3.05) is 0 Å². The van der Waals surface area contributed by atoms with Crippen molar-refractivity contribution in [2.24, 2.45) is 0 Å². The molecule has 0 bridgehead atoms. The molecule has 32 valence electrons. The molecule has 0 amide bonds. The minimum absolute atomic E-state index is 0.520. The summed E-state index contributed by atoms with van der Waals surface area (Å²) in [6.45, 7) is 0. The fourth-order valence-corrected chi connectivity index (χ4v) is 3.96. The Morgan fingerprint density at radius 3 is 2.17 bits per heavy atom. The third-order valence-electron chi connectivity index (χ3n) is 1.38. The van der Waals surface area contributed by atoms with Crippen LogP contribution >= 0.6 is 0 Å². The molecule has 0 aromatic rings. The van der Waals surface area contributed by atoms with Crippen LogP contribution in [0, 0.1) is 0 Å². The van der Waals surface area contributed by atoms with E-state index < -0.39 is 0 Å². The second kappa shape index (κ2) is 1.01. The van der Waals surface area contributed by atoms with Crippen LogP contribution in [0.4, 0.5) is 0 Å². The maximum absolute atomic E-state index is 5.18. The molecule has 1 nitrogen and oxygen atoms in total. The molecule has 0 aliphatic carbocycles. The van der Waals surface area contributed by atoms with Crippen LogP contribution < -0.4 is 0 Å². The van der Waals surface area contributed by atoms with Crippen molar-refractivity contribution in [3.05, 3.63) is 0 Å². The first-order chi connectivity index (χ1) is 2.97. The van der Waals surface area contributed by atoms with Gasteiger partial charge in [-0.2, -0.15) is 0 Å². The van der Waals surface area contributed by atoms with Crippen molar-refractivity contribution in [3.63, 3.8) is 0 Å². The van der Waals surface area contributed by atoms with Gasteiger partial charge in [0, 0.05) is 0 Å². The Morgan fingerprint density at radius 1 is 1.33 bits per heavy atom. The van der Waals surface area contributed by atoms with Crippen LogP contribution in [-0.2, 0) is 4.74 Å². The third kappa shape index (κ3) is 0.353. The summed E-state index contributed by atoms with van der Waals surface area (Å²) in [6, 6.07) is 0. The molecule has 2 saturated heterocycles. The molecule has 2 aliphatic heterocycles. The number of ether oxygens (including phenoxy) is 1. The molecular weight excluding hydrogens is 137 g/mol. The van der Waals surface area contributed by atoms with Gasteiger partial charge in [-0.25, -0.2) is 0 Å². The summed E-state index contributed by atoms with van der Waals surface area (Å²) >= 11 is 0.520.